The van der Waals surface area contributed by atoms with Crippen molar-refractivity contribution < 1.29 is 9.13 Å². The Labute approximate surface area is 127 Å². The van der Waals surface area contributed by atoms with Gasteiger partial charge >= 0.3 is 0 Å². The van der Waals surface area contributed by atoms with Crippen LogP contribution in [-0.2, 0) is 11.3 Å². The summed E-state index contributed by atoms with van der Waals surface area (Å²) >= 11 is 0. The van der Waals surface area contributed by atoms with Crippen LogP contribution < -0.4 is 5.73 Å². The Morgan fingerprint density at radius 2 is 1.90 bits per heavy atom. The molecule has 0 aliphatic carbocycles. The normalized spacial score (nSPS) is 10.2. The first-order valence-corrected chi connectivity index (χ1v) is 7.83. The van der Waals surface area contributed by atoms with E-state index >= 15 is 0 Å². The summed E-state index contributed by atoms with van der Waals surface area (Å²) in [5.41, 5.74) is 6.64. The van der Waals surface area contributed by atoms with Gasteiger partial charge in [-0.15, -0.1) is 0 Å². The Balaban J connectivity index is 2.26. The zero-order valence-electron chi connectivity index (χ0n) is 13.0. The molecule has 0 heterocycles. The largest absolute Gasteiger partial charge is 0.377 e. The molecular formula is C18H26FNO. The minimum atomic E-state index is -0.310. The summed E-state index contributed by atoms with van der Waals surface area (Å²) < 4.78 is 19.1. The van der Waals surface area contributed by atoms with Crippen LogP contribution >= 0.6 is 0 Å². The van der Waals surface area contributed by atoms with Gasteiger partial charge in [-0.25, -0.2) is 4.39 Å². The van der Waals surface area contributed by atoms with Crippen molar-refractivity contribution >= 4 is 0 Å². The van der Waals surface area contributed by atoms with Gasteiger partial charge < -0.3 is 10.5 Å². The van der Waals surface area contributed by atoms with Gasteiger partial charge in [-0.2, -0.15) is 0 Å². The number of hydrogen-bond acceptors (Lipinski definition) is 2. The van der Waals surface area contributed by atoms with E-state index in [0.717, 1.165) is 18.6 Å². The van der Waals surface area contributed by atoms with Gasteiger partial charge in [0.25, 0.3) is 0 Å². The van der Waals surface area contributed by atoms with Crippen molar-refractivity contribution in [1.82, 2.24) is 0 Å². The lowest BCUT2D eigenvalue weighted by Gasteiger charge is -2.05. The molecule has 0 atom stereocenters. The molecule has 0 aromatic heterocycles. The molecule has 1 rings (SSSR count). The van der Waals surface area contributed by atoms with E-state index < -0.39 is 0 Å². The second-order valence-electron chi connectivity index (χ2n) is 5.14. The van der Waals surface area contributed by atoms with Gasteiger partial charge in [-0.1, -0.05) is 56.9 Å². The summed E-state index contributed by atoms with van der Waals surface area (Å²) in [6.45, 7) is 3.72. The molecule has 0 radical (unpaired) electrons. The summed E-state index contributed by atoms with van der Waals surface area (Å²) in [4.78, 5) is 0. The van der Waals surface area contributed by atoms with E-state index in [-0.39, 0.29) is 12.4 Å². The zero-order chi connectivity index (χ0) is 15.3. The van der Waals surface area contributed by atoms with E-state index in [0.29, 0.717) is 12.2 Å². The highest BCUT2D eigenvalue weighted by molar-refractivity contribution is 5.38. The highest BCUT2D eigenvalue weighted by Crippen LogP contribution is 2.11. The van der Waals surface area contributed by atoms with Crippen molar-refractivity contribution in [3.8, 4) is 11.8 Å². The third-order valence-corrected chi connectivity index (χ3v) is 3.27. The average molecular weight is 291 g/mol. The summed E-state index contributed by atoms with van der Waals surface area (Å²) in [5.74, 6) is 5.10. The van der Waals surface area contributed by atoms with Crippen molar-refractivity contribution in [2.24, 2.45) is 5.73 Å². The summed E-state index contributed by atoms with van der Waals surface area (Å²) in [6, 6.07) is 4.91. The van der Waals surface area contributed by atoms with Crippen LogP contribution in [0, 0.1) is 17.7 Å². The molecule has 0 aliphatic heterocycles. The number of nitrogens with two attached hydrogens (primary N) is 1. The van der Waals surface area contributed by atoms with Gasteiger partial charge in [-0.3, -0.25) is 0 Å². The Morgan fingerprint density at radius 1 is 1.14 bits per heavy atom. The fourth-order valence-corrected chi connectivity index (χ4v) is 2.08. The predicted octanol–water partition coefficient (Wildman–Crippen LogP) is 4.01. The quantitative estimate of drug-likeness (QED) is 0.551. The molecule has 116 valence electrons. The molecule has 2 nitrogen and oxygen atoms in total. The first kappa shape index (κ1) is 17.7. The topological polar surface area (TPSA) is 35.2 Å². The van der Waals surface area contributed by atoms with Crippen molar-refractivity contribution in [1.29, 1.82) is 0 Å². The third-order valence-electron chi connectivity index (χ3n) is 3.27. The van der Waals surface area contributed by atoms with Crippen molar-refractivity contribution in [2.45, 2.75) is 52.1 Å². The van der Waals surface area contributed by atoms with E-state index in [2.05, 4.69) is 18.8 Å². The molecule has 0 saturated carbocycles. The van der Waals surface area contributed by atoms with Gasteiger partial charge in [0.05, 0.1) is 18.7 Å². The Hall–Kier alpha value is -1.37. The molecule has 0 aliphatic rings. The molecule has 0 spiro atoms. The lowest BCUT2D eigenvalue weighted by atomic mass is 10.1. The summed E-state index contributed by atoms with van der Waals surface area (Å²) in [7, 11) is 0. The smallest absolute Gasteiger partial charge is 0.138 e. The third kappa shape index (κ3) is 7.84. The Morgan fingerprint density at radius 3 is 2.67 bits per heavy atom. The molecule has 0 bridgehead atoms. The number of benzene rings is 1. The Kier molecular flexibility index (Phi) is 9.52. The van der Waals surface area contributed by atoms with Crippen LogP contribution in [0.1, 0.15) is 56.6 Å². The van der Waals surface area contributed by atoms with E-state index in [4.69, 9.17) is 10.5 Å². The second kappa shape index (κ2) is 11.3. The maximum absolute atomic E-state index is 13.5. The highest BCUT2D eigenvalue weighted by Gasteiger charge is 2.01. The summed E-state index contributed by atoms with van der Waals surface area (Å²) in [6.07, 6.45) is 7.51. The van der Waals surface area contributed by atoms with Gasteiger partial charge in [0, 0.05) is 6.61 Å². The fraction of sp³-hybridized carbons (Fsp3) is 0.556. The molecule has 0 fully saturated rings. The molecule has 1 aromatic rings. The standard InChI is InChI=1S/C18H26FNO/c1-2-3-4-5-6-7-13-21-15-16-10-11-18(19)17(14-16)9-8-12-20/h10-11,14H,2-7,12-13,15,20H2,1H3. The van der Waals surface area contributed by atoms with Crippen molar-refractivity contribution in [3.63, 3.8) is 0 Å². The van der Waals surface area contributed by atoms with E-state index in [1.807, 2.05) is 0 Å². The van der Waals surface area contributed by atoms with Crippen LogP contribution in [0.15, 0.2) is 18.2 Å². The molecule has 2 N–H and O–H groups in total. The first-order valence-electron chi connectivity index (χ1n) is 7.83. The fourth-order valence-electron chi connectivity index (χ4n) is 2.08. The number of unbranched alkanes of at least 4 members (excludes halogenated alkanes) is 5. The second-order valence-corrected chi connectivity index (χ2v) is 5.14. The van der Waals surface area contributed by atoms with Gasteiger partial charge in [0.2, 0.25) is 0 Å². The lowest BCUT2D eigenvalue weighted by Crippen LogP contribution is -1.98. The van der Waals surface area contributed by atoms with E-state index in [9.17, 15) is 4.39 Å². The van der Waals surface area contributed by atoms with Crippen LogP contribution in [0.4, 0.5) is 4.39 Å². The van der Waals surface area contributed by atoms with Crippen LogP contribution in [-0.4, -0.2) is 13.2 Å². The van der Waals surface area contributed by atoms with Crippen LogP contribution in [0.5, 0.6) is 0 Å². The average Bonchev–Trinajstić information content (AvgIpc) is 2.50. The van der Waals surface area contributed by atoms with E-state index in [1.165, 1.54) is 38.2 Å². The van der Waals surface area contributed by atoms with Gasteiger partial charge in [0.15, 0.2) is 0 Å². The minimum Gasteiger partial charge on any atom is -0.377 e. The van der Waals surface area contributed by atoms with Gasteiger partial charge in [0.1, 0.15) is 5.82 Å². The Bertz CT molecular complexity index is 462. The zero-order valence-corrected chi connectivity index (χ0v) is 13.0. The lowest BCUT2D eigenvalue weighted by molar-refractivity contribution is 0.116. The van der Waals surface area contributed by atoms with Crippen molar-refractivity contribution in [2.75, 3.05) is 13.2 Å². The van der Waals surface area contributed by atoms with Crippen LogP contribution in [0.2, 0.25) is 0 Å². The predicted molar refractivity (Wildman–Crippen MR) is 85.4 cm³/mol. The number of ether oxygens (including phenoxy) is 1. The van der Waals surface area contributed by atoms with Crippen molar-refractivity contribution in [3.05, 3.63) is 35.1 Å². The molecule has 21 heavy (non-hydrogen) atoms. The molecule has 3 heteroatoms. The number of hydrogen-bond donors (Lipinski definition) is 1. The van der Waals surface area contributed by atoms with Crippen LogP contribution in [0.3, 0.4) is 0 Å². The number of rotatable bonds is 9. The maximum Gasteiger partial charge on any atom is 0.138 e. The molecule has 0 saturated heterocycles. The minimum absolute atomic E-state index is 0.234. The monoisotopic (exact) mass is 291 g/mol. The molecule has 0 unspecified atom stereocenters. The molecule has 1 aromatic carbocycles. The molecular weight excluding hydrogens is 265 g/mol. The molecule has 0 amide bonds. The highest BCUT2D eigenvalue weighted by atomic mass is 19.1. The van der Waals surface area contributed by atoms with Crippen LogP contribution in [0.25, 0.3) is 0 Å². The van der Waals surface area contributed by atoms with E-state index in [1.54, 1.807) is 12.1 Å². The maximum atomic E-state index is 13.5. The first-order chi connectivity index (χ1) is 10.3. The number of halogens is 1. The SMILES string of the molecule is CCCCCCCCOCc1ccc(F)c(C#CCN)c1. The van der Waals surface area contributed by atoms with Gasteiger partial charge in [-0.05, 0) is 24.1 Å². The summed E-state index contributed by atoms with van der Waals surface area (Å²) in [5, 5.41) is 0.